The third kappa shape index (κ3) is 3.97. The minimum atomic E-state index is -0.623. The van der Waals surface area contributed by atoms with E-state index in [1.54, 1.807) is 42.2 Å². The molecule has 2 aromatic heterocycles. The van der Waals surface area contributed by atoms with Crippen LogP contribution in [0.1, 0.15) is 53.2 Å². The standard InChI is InChI=1S/C20H21FN4O2/c1-12(2)16-9-8-15(19(26)23-16)20(27)24-17(18-22-10-11-25(18)3)13-4-6-14(21)7-5-13/h4-12,17H,1-3H3,(H,23,26)(H,24,27)/t17-/m0/s1. The van der Waals surface area contributed by atoms with Gasteiger partial charge in [-0.25, -0.2) is 9.37 Å². The lowest BCUT2D eigenvalue weighted by atomic mass is 10.0. The molecule has 3 aromatic rings. The first-order valence-electron chi connectivity index (χ1n) is 8.63. The Morgan fingerprint density at radius 2 is 1.89 bits per heavy atom. The number of halogens is 1. The van der Waals surface area contributed by atoms with Gasteiger partial charge in [0.15, 0.2) is 0 Å². The summed E-state index contributed by atoms with van der Waals surface area (Å²) in [7, 11) is 1.80. The molecule has 1 amide bonds. The molecule has 27 heavy (non-hydrogen) atoms. The summed E-state index contributed by atoms with van der Waals surface area (Å²) in [5.41, 5.74) is 0.988. The molecule has 7 heteroatoms. The van der Waals surface area contributed by atoms with E-state index in [9.17, 15) is 14.0 Å². The maximum absolute atomic E-state index is 13.3. The summed E-state index contributed by atoms with van der Waals surface area (Å²) in [6, 6.07) is 8.44. The van der Waals surface area contributed by atoms with Crippen LogP contribution in [0.3, 0.4) is 0 Å². The number of carbonyl (C=O) groups is 1. The average molecular weight is 368 g/mol. The van der Waals surface area contributed by atoms with Crippen molar-refractivity contribution >= 4 is 5.91 Å². The molecule has 6 nitrogen and oxygen atoms in total. The van der Waals surface area contributed by atoms with Crippen LogP contribution in [0.25, 0.3) is 0 Å². The smallest absolute Gasteiger partial charge is 0.261 e. The van der Waals surface area contributed by atoms with Gasteiger partial charge in [0.2, 0.25) is 0 Å². The molecule has 0 spiro atoms. The van der Waals surface area contributed by atoms with Crippen LogP contribution < -0.4 is 10.9 Å². The number of hydrogen-bond acceptors (Lipinski definition) is 3. The van der Waals surface area contributed by atoms with Crippen molar-refractivity contribution in [1.82, 2.24) is 19.9 Å². The van der Waals surface area contributed by atoms with Gasteiger partial charge in [-0.15, -0.1) is 0 Å². The van der Waals surface area contributed by atoms with E-state index >= 15 is 0 Å². The van der Waals surface area contributed by atoms with Crippen molar-refractivity contribution in [2.24, 2.45) is 7.05 Å². The molecular formula is C20H21FN4O2. The second kappa shape index (κ2) is 7.57. The van der Waals surface area contributed by atoms with Crippen LogP contribution in [-0.4, -0.2) is 20.4 Å². The molecule has 0 fully saturated rings. The first-order valence-corrected chi connectivity index (χ1v) is 8.63. The van der Waals surface area contributed by atoms with E-state index in [2.05, 4.69) is 15.3 Å². The number of benzene rings is 1. The molecule has 0 radical (unpaired) electrons. The van der Waals surface area contributed by atoms with Crippen molar-refractivity contribution in [3.8, 4) is 0 Å². The molecule has 2 N–H and O–H groups in total. The van der Waals surface area contributed by atoms with E-state index in [0.29, 0.717) is 11.4 Å². The van der Waals surface area contributed by atoms with Crippen molar-refractivity contribution in [3.63, 3.8) is 0 Å². The van der Waals surface area contributed by atoms with Gasteiger partial charge in [-0.2, -0.15) is 0 Å². The number of hydrogen-bond donors (Lipinski definition) is 2. The summed E-state index contributed by atoms with van der Waals surface area (Å²) in [5.74, 6) is -0.173. The molecule has 0 saturated heterocycles. The number of aromatic nitrogens is 3. The van der Waals surface area contributed by atoms with E-state index in [1.807, 2.05) is 13.8 Å². The number of carbonyl (C=O) groups excluding carboxylic acids is 1. The molecular weight excluding hydrogens is 347 g/mol. The first kappa shape index (κ1) is 18.6. The number of imidazole rings is 1. The zero-order valence-corrected chi connectivity index (χ0v) is 15.4. The topological polar surface area (TPSA) is 79.8 Å². The van der Waals surface area contributed by atoms with Gasteiger partial charge in [0, 0.05) is 25.1 Å². The third-order valence-electron chi connectivity index (χ3n) is 4.39. The SMILES string of the molecule is CC(C)c1ccc(C(=O)N[C@@H](c2ccc(F)cc2)c2nccn2C)c(=O)[nH]1. The van der Waals surface area contributed by atoms with E-state index < -0.39 is 17.5 Å². The number of pyridine rings is 1. The molecule has 3 rings (SSSR count). The van der Waals surface area contributed by atoms with Gasteiger partial charge in [-0.3, -0.25) is 9.59 Å². The maximum atomic E-state index is 13.3. The fourth-order valence-electron chi connectivity index (χ4n) is 2.82. The van der Waals surface area contributed by atoms with Gasteiger partial charge < -0.3 is 14.9 Å². The number of rotatable bonds is 5. The minimum absolute atomic E-state index is 0.0146. The summed E-state index contributed by atoms with van der Waals surface area (Å²) in [6.45, 7) is 3.91. The zero-order valence-electron chi connectivity index (χ0n) is 15.4. The van der Waals surface area contributed by atoms with E-state index in [-0.39, 0.29) is 17.3 Å². The van der Waals surface area contributed by atoms with Crippen LogP contribution in [0.2, 0.25) is 0 Å². The predicted molar refractivity (Wildman–Crippen MR) is 100 cm³/mol. The largest absolute Gasteiger partial charge is 0.338 e. The van der Waals surface area contributed by atoms with Crippen LogP contribution >= 0.6 is 0 Å². The maximum Gasteiger partial charge on any atom is 0.261 e. The van der Waals surface area contributed by atoms with Crippen molar-refractivity contribution in [3.05, 3.63) is 87.6 Å². The Labute approximate surface area is 156 Å². The summed E-state index contributed by atoms with van der Waals surface area (Å²) < 4.78 is 15.1. The number of nitrogens with one attached hydrogen (secondary N) is 2. The summed E-state index contributed by atoms with van der Waals surface area (Å²) >= 11 is 0. The number of aryl methyl sites for hydroxylation is 1. The highest BCUT2D eigenvalue weighted by Gasteiger charge is 2.23. The highest BCUT2D eigenvalue weighted by Crippen LogP contribution is 2.21. The lowest BCUT2D eigenvalue weighted by Crippen LogP contribution is -2.34. The van der Waals surface area contributed by atoms with Crippen molar-refractivity contribution in [1.29, 1.82) is 0 Å². The predicted octanol–water partition coefficient (Wildman–Crippen LogP) is 2.89. The zero-order chi connectivity index (χ0) is 19.6. The van der Waals surface area contributed by atoms with E-state index in [4.69, 9.17) is 0 Å². The van der Waals surface area contributed by atoms with Gasteiger partial charge >= 0.3 is 0 Å². The first-order chi connectivity index (χ1) is 12.9. The molecule has 0 unspecified atom stereocenters. The molecule has 2 heterocycles. The monoisotopic (exact) mass is 368 g/mol. The second-order valence-corrected chi connectivity index (χ2v) is 6.67. The highest BCUT2D eigenvalue weighted by molar-refractivity contribution is 5.94. The lowest BCUT2D eigenvalue weighted by molar-refractivity contribution is 0.0939. The fraction of sp³-hybridized carbons (Fsp3) is 0.250. The minimum Gasteiger partial charge on any atom is -0.338 e. The Hall–Kier alpha value is -3.22. The summed E-state index contributed by atoms with van der Waals surface area (Å²) in [6.07, 6.45) is 3.37. The molecule has 0 aliphatic heterocycles. The Bertz CT molecular complexity index is 1010. The lowest BCUT2D eigenvalue weighted by Gasteiger charge is -2.19. The number of nitrogens with zero attached hydrogens (tertiary/aromatic N) is 2. The van der Waals surface area contributed by atoms with Gasteiger partial charge in [-0.1, -0.05) is 26.0 Å². The molecule has 0 bridgehead atoms. The van der Waals surface area contributed by atoms with Gasteiger partial charge in [0.1, 0.15) is 23.2 Å². The molecule has 1 atom stereocenters. The van der Waals surface area contributed by atoms with Crippen LogP contribution in [-0.2, 0) is 7.05 Å². The van der Waals surface area contributed by atoms with Crippen LogP contribution in [0.15, 0.2) is 53.6 Å². The summed E-state index contributed by atoms with van der Waals surface area (Å²) in [4.78, 5) is 32.1. The molecule has 1 aromatic carbocycles. The quantitative estimate of drug-likeness (QED) is 0.727. The third-order valence-corrected chi connectivity index (χ3v) is 4.39. The Morgan fingerprint density at radius 1 is 1.19 bits per heavy atom. The van der Waals surface area contributed by atoms with Crippen LogP contribution in [0.5, 0.6) is 0 Å². The Balaban J connectivity index is 1.95. The normalized spacial score (nSPS) is 12.2. The highest BCUT2D eigenvalue weighted by atomic mass is 19.1. The second-order valence-electron chi connectivity index (χ2n) is 6.67. The Morgan fingerprint density at radius 3 is 2.44 bits per heavy atom. The fourth-order valence-corrected chi connectivity index (χ4v) is 2.82. The van der Waals surface area contributed by atoms with Crippen LogP contribution in [0, 0.1) is 5.82 Å². The van der Waals surface area contributed by atoms with Crippen molar-refractivity contribution < 1.29 is 9.18 Å². The van der Waals surface area contributed by atoms with Crippen LogP contribution in [0.4, 0.5) is 4.39 Å². The number of aromatic amines is 1. The van der Waals surface area contributed by atoms with Gasteiger partial charge in [0.25, 0.3) is 11.5 Å². The van der Waals surface area contributed by atoms with Gasteiger partial charge in [-0.05, 0) is 35.7 Å². The number of amides is 1. The van der Waals surface area contributed by atoms with Gasteiger partial charge in [0.05, 0.1) is 0 Å². The van der Waals surface area contributed by atoms with Crippen molar-refractivity contribution in [2.75, 3.05) is 0 Å². The van der Waals surface area contributed by atoms with Crippen molar-refractivity contribution in [2.45, 2.75) is 25.8 Å². The molecule has 0 saturated carbocycles. The van der Waals surface area contributed by atoms with E-state index in [1.165, 1.54) is 18.2 Å². The molecule has 140 valence electrons. The summed E-state index contributed by atoms with van der Waals surface area (Å²) in [5, 5.41) is 2.84. The Kier molecular flexibility index (Phi) is 5.21. The number of H-pyrrole nitrogens is 1. The van der Waals surface area contributed by atoms with E-state index in [0.717, 1.165) is 5.69 Å². The molecule has 0 aliphatic rings. The average Bonchev–Trinajstić information content (AvgIpc) is 3.06. The molecule has 0 aliphatic carbocycles.